The minimum absolute atomic E-state index is 0.0218. The molecule has 0 N–H and O–H groups in total. The molecule has 4 rings (SSSR count). The molecule has 0 spiro atoms. The third-order valence-electron chi connectivity index (χ3n) is 5.06. The Labute approximate surface area is 163 Å². The molecule has 0 saturated heterocycles. The zero-order valence-corrected chi connectivity index (χ0v) is 16.0. The van der Waals surface area contributed by atoms with E-state index in [0.717, 1.165) is 24.2 Å². The van der Waals surface area contributed by atoms with Gasteiger partial charge in [0.1, 0.15) is 0 Å². The zero-order valence-electron chi connectivity index (χ0n) is 14.5. The van der Waals surface area contributed by atoms with Crippen LogP contribution in [0, 0.1) is 0 Å². The molecule has 1 amide bonds. The Hall–Kier alpha value is -2.03. The van der Waals surface area contributed by atoms with Crippen LogP contribution in [0.1, 0.15) is 36.8 Å². The molecule has 1 aliphatic rings. The van der Waals surface area contributed by atoms with Crippen LogP contribution >= 0.6 is 23.2 Å². The van der Waals surface area contributed by atoms with Crippen LogP contribution in [-0.4, -0.2) is 12.5 Å². The van der Waals surface area contributed by atoms with Crippen LogP contribution in [0.25, 0.3) is 10.8 Å². The Morgan fingerprint density at radius 3 is 2.62 bits per heavy atom. The van der Waals surface area contributed by atoms with E-state index in [2.05, 4.69) is 37.3 Å². The zero-order chi connectivity index (χ0) is 18.3. The van der Waals surface area contributed by atoms with E-state index in [-0.39, 0.29) is 11.8 Å². The molecule has 0 aliphatic carbocycles. The van der Waals surface area contributed by atoms with Crippen molar-refractivity contribution >= 4 is 45.6 Å². The molecular weight excluding hydrogens is 365 g/mol. The number of amides is 1. The normalized spacial score (nSPS) is 16.8. The van der Waals surface area contributed by atoms with Crippen LogP contribution in [0.3, 0.4) is 0 Å². The number of hydrogen-bond donors (Lipinski definition) is 0. The van der Waals surface area contributed by atoms with Crippen molar-refractivity contribution in [2.24, 2.45) is 0 Å². The van der Waals surface area contributed by atoms with Gasteiger partial charge in [0, 0.05) is 24.6 Å². The van der Waals surface area contributed by atoms with Crippen LogP contribution in [0.2, 0.25) is 10.0 Å². The fourth-order valence-electron chi connectivity index (χ4n) is 3.89. The Kier molecular flexibility index (Phi) is 4.64. The monoisotopic (exact) mass is 383 g/mol. The van der Waals surface area contributed by atoms with Gasteiger partial charge in [-0.15, -0.1) is 0 Å². The van der Waals surface area contributed by atoms with Crippen molar-refractivity contribution in [2.75, 3.05) is 11.4 Å². The van der Waals surface area contributed by atoms with Crippen molar-refractivity contribution in [2.45, 2.75) is 25.7 Å². The highest BCUT2D eigenvalue weighted by atomic mass is 35.5. The van der Waals surface area contributed by atoms with Gasteiger partial charge in [-0.25, -0.2) is 0 Å². The van der Waals surface area contributed by atoms with E-state index in [1.165, 1.54) is 16.3 Å². The van der Waals surface area contributed by atoms with Gasteiger partial charge in [0.2, 0.25) is 5.91 Å². The van der Waals surface area contributed by atoms with Crippen LogP contribution < -0.4 is 4.90 Å². The first-order chi connectivity index (χ1) is 12.6. The highest BCUT2D eigenvalue weighted by molar-refractivity contribution is 6.42. The Morgan fingerprint density at radius 1 is 1.04 bits per heavy atom. The number of carbonyl (C=O) groups is 1. The summed E-state index contributed by atoms with van der Waals surface area (Å²) in [5.74, 6) is 0.136. The second-order valence-corrected chi connectivity index (χ2v) is 7.51. The molecule has 0 fully saturated rings. The van der Waals surface area contributed by atoms with E-state index < -0.39 is 0 Å². The van der Waals surface area contributed by atoms with Crippen LogP contribution in [-0.2, 0) is 4.79 Å². The third-order valence-corrected chi connectivity index (χ3v) is 5.80. The van der Waals surface area contributed by atoms with Crippen molar-refractivity contribution < 1.29 is 4.79 Å². The summed E-state index contributed by atoms with van der Waals surface area (Å²) in [6.45, 7) is 2.83. The van der Waals surface area contributed by atoms with E-state index in [4.69, 9.17) is 23.2 Å². The molecule has 132 valence electrons. The predicted molar refractivity (Wildman–Crippen MR) is 110 cm³/mol. The van der Waals surface area contributed by atoms with Gasteiger partial charge >= 0.3 is 0 Å². The predicted octanol–water partition coefficient (Wildman–Crippen LogP) is 6.43. The number of anilines is 1. The minimum atomic E-state index is -0.0218. The number of rotatable bonds is 3. The fourth-order valence-corrected chi connectivity index (χ4v) is 4.20. The number of benzene rings is 3. The number of nitrogens with zero attached hydrogens (tertiary/aromatic N) is 1. The lowest BCUT2D eigenvalue weighted by atomic mass is 9.81. The molecule has 0 bridgehead atoms. The quantitative estimate of drug-likeness (QED) is 0.510. The summed E-state index contributed by atoms with van der Waals surface area (Å²) in [5, 5.41) is 3.43. The number of hydrogen-bond acceptors (Lipinski definition) is 1. The SMILES string of the molecule is CCCN1C(=O)CC(c2ccc(Cl)c(Cl)c2)c2c1ccc1ccccc21. The molecular formula is C22H19Cl2NO. The van der Waals surface area contributed by atoms with Crippen molar-refractivity contribution in [1.29, 1.82) is 0 Å². The van der Waals surface area contributed by atoms with Gasteiger partial charge in [-0.1, -0.05) is 66.5 Å². The second kappa shape index (κ2) is 6.94. The molecule has 3 aromatic carbocycles. The standard InChI is InChI=1S/C22H19Cl2NO/c1-2-11-25-20-10-8-14-5-3-4-6-16(14)22(20)17(13-21(25)26)15-7-9-18(23)19(24)12-15/h3-10,12,17H,2,11,13H2,1H3. The van der Waals surface area contributed by atoms with Crippen molar-refractivity contribution in [1.82, 2.24) is 0 Å². The molecule has 1 atom stereocenters. The van der Waals surface area contributed by atoms with Gasteiger partial charge in [-0.3, -0.25) is 4.79 Å². The minimum Gasteiger partial charge on any atom is -0.312 e. The Balaban J connectivity index is 1.97. The molecule has 1 aliphatic heterocycles. The number of fused-ring (bicyclic) bond motifs is 3. The van der Waals surface area contributed by atoms with E-state index >= 15 is 0 Å². The van der Waals surface area contributed by atoms with E-state index in [1.54, 1.807) is 0 Å². The second-order valence-electron chi connectivity index (χ2n) is 6.70. The van der Waals surface area contributed by atoms with E-state index in [9.17, 15) is 4.79 Å². The van der Waals surface area contributed by atoms with E-state index in [0.29, 0.717) is 16.5 Å². The molecule has 1 unspecified atom stereocenters. The molecule has 2 nitrogen and oxygen atoms in total. The van der Waals surface area contributed by atoms with Gasteiger partial charge in [0.05, 0.1) is 10.0 Å². The summed E-state index contributed by atoms with van der Waals surface area (Å²) in [5.41, 5.74) is 3.24. The molecule has 4 heteroatoms. The maximum atomic E-state index is 12.9. The maximum Gasteiger partial charge on any atom is 0.227 e. The Morgan fingerprint density at radius 2 is 1.85 bits per heavy atom. The Bertz CT molecular complexity index is 999. The molecule has 26 heavy (non-hydrogen) atoms. The molecule has 1 heterocycles. The van der Waals surface area contributed by atoms with Gasteiger partial charge in [-0.2, -0.15) is 0 Å². The summed E-state index contributed by atoms with van der Waals surface area (Å²) in [6, 6.07) is 18.2. The van der Waals surface area contributed by atoms with Crippen molar-refractivity contribution in [3.8, 4) is 0 Å². The van der Waals surface area contributed by atoms with Crippen LogP contribution in [0.4, 0.5) is 5.69 Å². The summed E-state index contributed by atoms with van der Waals surface area (Å²) in [4.78, 5) is 14.8. The first kappa shape index (κ1) is 17.4. The smallest absolute Gasteiger partial charge is 0.227 e. The summed E-state index contributed by atoms with van der Waals surface area (Å²) in [6.07, 6.45) is 1.37. The summed E-state index contributed by atoms with van der Waals surface area (Å²) < 4.78 is 0. The van der Waals surface area contributed by atoms with Gasteiger partial charge < -0.3 is 4.90 Å². The molecule has 0 saturated carbocycles. The highest BCUT2D eigenvalue weighted by Crippen LogP contribution is 2.44. The third kappa shape index (κ3) is 2.87. The van der Waals surface area contributed by atoms with Gasteiger partial charge in [0.15, 0.2) is 0 Å². The summed E-state index contributed by atoms with van der Waals surface area (Å²) in [7, 11) is 0. The van der Waals surface area contributed by atoms with Crippen LogP contribution in [0.15, 0.2) is 54.6 Å². The van der Waals surface area contributed by atoms with Crippen LogP contribution in [0.5, 0.6) is 0 Å². The molecule has 0 aromatic heterocycles. The lowest BCUT2D eigenvalue weighted by molar-refractivity contribution is -0.119. The topological polar surface area (TPSA) is 20.3 Å². The lowest BCUT2D eigenvalue weighted by Gasteiger charge is -2.35. The number of carbonyl (C=O) groups excluding carboxylic acids is 1. The molecule has 0 radical (unpaired) electrons. The van der Waals surface area contributed by atoms with E-state index in [1.807, 2.05) is 29.2 Å². The largest absolute Gasteiger partial charge is 0.312 e. The number of halogens is 2. The lowest BCUT2D eigenvalue weighted by Crippen LogP contribution is -2.37. The van der Waals surface area contributed by atoms with Gasteiger partial charge in [0.25, 0.3) is 0 Å². The fraction of sp³-hybridized carbons (Fsp3) is 0.227. The molecule has 3 aromatic rings. The first-order valence-corrected chi connectivity index (χ1v) is 9.62. The summed E-state index contributed by atoms with van der Waals surface area (Å²) >= 11 is 12.4. The van der Waals surface area contributed by atoms with Gasteiger partial charge in [-0.05, 0) is 46.5 Å². The van der Waals surface area contributed by atoms with Crippen molar-refractivity contribution in [3.05, 3.63) is 75.8 Å². The van der Waals surface area contributed by atoms with Crippen molar-refractivity contribution in [3.63, 3.8) is 0 Å². The average molecular weight is 384 g/mol. The highest BCUT2D eigenvalue weighted by Gasteiger charge is 2.33. The average Bonchev–Trinajstić information content (AvgIpc) is 2.65. The maximum absolute atomic E-state index is 12.9. The first-order valence-electron chi connectivity index (χ1n) is 8.87.